The molecule has 0 radical (unpaired) electrons. The van der Waals surface area contributed by atoms with E-state index in [0.717, 1.165) is 36.8 Å². The zero-order chi connectivity index (χ0) is 35.2. The number of oxime groups is 1. The number of aromatic hydroxyl groups is 1. The number of rotatable bonds is 21. The molecule has 1 heterocycles. The van der Waals surface area contributed by atoms with Crippen LogP contribution < -0.4 is 4.74 Å². The molecule has 0 bridgehead atoms. The van der Waals surface area contributed by atoms with Crippen molar-refractivity contribution in [2.24, 2.45) is 22.9 Å². The summed E-state index contributed by atoms with van der Waals surface area (Å²) in [6.07, 6.45) is 7.97. The minimum absolute atomic E-state index is 0.00978. The van der Waals surface area contributed by atoms with Crippen LogP contribution >= 0.6 is 11.6 Å². The zero-order valence-electron chi connectivity index (χ0n) is 28.5. The van der Waals surface area contributed by atoms with Crippen LogP contribution in [-0.2, 0) is 19.0 Å². The van der Waals surface area contributed by atoms with Crippen LogP contribution in [0.2, 0.25) is 0 Å². The van der Waals surface area contributed by atoms with Gasteiger partial charge in [-0.1, -0.05) is 30.1 Å². The second-order valence-corrected chi connectivity index (χ2v) is 12.9. The number of phenolic OH excluding ortho intramolecular Hbond substituents is 1. The van der Waals surface area contributed by atoms with E-state index < -0.39 is 23.8 Å². The number of unbranched alkanes of at least 4 members (excludes halogenated alkanes) is 2. The Morgan fingerprint density at radius 1 is 1.12 bits per heavy atom. The minimum Gasteiger partial charge on any atom is -0.508 e. The van der Waals surface area contributed by atoms with Gasteiger partial charge in [-0.2, -0.15) is 0 Å². The molecule has 13 heteroatoms. The van der Waals surface area contributed by atoms with Gasteiger partial charge in [-0.05, 0) is 68.2 Å². The first-order chi connectivity index (χ1) is 23.9. The van der Waals surface area contributed by atoms with Crippen LogP contribution in [0.25, 0.3) is 0 Å². The number of hydrogen-bond acceptors (Lipinski definition) is 11. The van der Waals surface area contributed by atoms with Gasteiger partial charge in [0.1, 0.15) is 30.8 Å². The lowest BCUT2D eigenvalue weighted by molar-refractivity contribution is -0.256. The summed E-state index contributed by atoms with van der Waals surface area (Å²) >= 11 is 5.93. The maximum absolute atomic E-state index is 13.9. The molecule has 0 aromatic heterocycles. The van der Waals surface area contributed by atoms with E-state index in [-0.39, 0.29) is 88.6 Å². The molecule has 12 nitrogen and oxygen atoms in total. The summed E-state index contributed by atoms with van der Waals surface area (Å²) in [7, 11) is 0. The smallest absolute Gasteiger partial charge is 0.410 e. The molecular formula is C36H53ClN2O10. The normalized spacial score (nSPS) is 26.3. The van der Waals surface area contributed by atoms with E-state index in [0.29, 0.717) is 30.9 Å². The van der Waals surface area contributed by atoms with E-state index in [1.54, 1.807) is 29.2 Å². The van der Waals surface area contributed by atoms with Crippen molar-refractivity contribution in [3.63, 3.8) is 0 Å². The fourth-order valence-corrected chi connectivity index (χ4v) is 7.79. The fraction of sp³-hybridized carbons (Fsp3) is 0.667. The van der Waals surface area contributed by atoms with Gasteiger partial charge in [-0.15, -0.1) is 18.2 Å². The van der Waals surface area contributed by atoms with Gasteiger partial charge in [-0.25, -0.2) is 4.79 Å². The van der Waals surface area contributed by atoms with Crippen LogP contribution in [0, 0.1) is 17.8 Å². The number of aliphatic hydroxyl groups excluding tert-OH is 3. The molecule has 1 aromatic rings. The van der Waals surface area contributed by atoms with Crippen LogP contribution in [0.15, 0.2) is 47.7 Å². The molecule has 3 aliphatic rings. The minimum atomic E-state index is -1.46. The summed E-state index contributed by atoms with van der Waals surface area (Å²) in [4.78, 5) is 21.1. The predicted octanol–water partition coefficient (Wildman–Crippen LogP) is 4.73. The Morgan fingerprint density at radius 2 is 1.90 bits per heavy atom. The van der Waals surface area contributed by atoms with E-state index in [1.807, 2.05) is 6.92 Å². The molecule has 0 saturated heterocycles. The highest BCUT2D eigenvalue weighted by atomic mass is 35.5. The van der Waals surface area contributed by atoms with Gasteiger partial charge in [-0.3, -0.25) is 4.90 Å². The molecule has 1 fully saturated rings. The Morgan fingerprint density at radius 3 is 2.59 bits per heavy atom. The number of allylic oxidation sites excluding steroid dienone is 1. The maximum Gasteiger partial charge on any atom is 0.410 e. The summed E-state index contributed by atoms with van der Waals surface area (Å²) in [5.41, 5.74) is 2.37. The number of amides is 1. The van der Waals surface area contributed by atoms with E-state index in [2.05, 4.69) is 17.8 Å². The molecule has 6 atom stereocenters. The largest absolute Gasteiger partial charge is 0.508 e. The van der Waals surface area contributed by atoms with Gasteiger partial charge in [0.15, 0.2) is 0 Å². The molecule has 4 rings (SSSR count). The molecule has 4 N–H and O–H groups in total. The van der Waals surface area contributed by atoms with Crippen LogP contribution in [0.1, 0.15) is 63.4 Å². The number of benzene rings is 1. The summed E-state index contributed by atoms with van der Waals surface area (Å²) in [5.74, 6) is -1.35. The number of nitrogens with zero attached hydrogens (tertiary/aromatic N) is 2. The summed E-state index contributed by atoms with van der Waals surface area (Å²) < 4.78 is 25.0. The average molecular weight is 709 g/mol. The number of halogens is 1. The van der Waals surface area contributed by atoms with Crippen molar-refractivity contribution in [3.05, 3.63) is 48.1 Å². The fourth-order valence-electron chi connectivity index (χ4n) is 7.71. The number of fused-ring (bicyclic) bond motifs is 2. The van der Waals surface area contributed by atoms with Crippen LogP contribution in [0.3, 0.4) is 0 Å². The van der Waals surface area contributed by atoms with Crippen molar-refractivity contribution in [3.8, 4) is 11.5 Å². The number of aliphatic hydroxyl groups is 3. The first-order valence-electron chi connectivity index (χ1n) is 17.5. The van der Waals surface area contributed by atoms with E-state index in [4.69, 9.17) is 35.4 Å². The lowest BCUT2D eigenvalue weighted by Gasteiger charge is -2.59. The molecule has 0 unspecified atom stereocenters. The van der Waals surface area contributed by atoms with Crippen LogP contribution in [-0.4, -0.2) is 114 Å². The van der Waals surface area contributed by atoms with Crippen molar-refractivity contribution >= 4 is 23.4 Å². The quantitative estimate of drug-likeness (QED) is 0.0609. The molecule has 2 aliphatic carbocycles. The Balaban J connectivity index is 1.98. The number of phenols is 1. The summed E-state index contributed by atoms with van der Waals surface area (Å²) in [5, 5.41) is 44.1. The highest BCUT2D eigenvalue weighted by molar-refractivity contribution is 6.18. The van der Waals surface area contributed by atoms with Gasteiger partial charge >= 0.3 is 6.09 Å². The van der Waals surface area contributed by atoms with Crippen molar-refractivity contribution in [2.45, 2.75) is 69.6 Å². The van der Waals surface area contributed by atoms with Gasteiger partial charge in [0, 0.05) is 37.7 Å². The van der Waals surface area contributed by atoms with E-state index in [1.165, 1.54) is 0 Å². The standard InChI is InChI=1S/C36H53ClN2O10/c1-3-18-47-36-32(39(14-20-45-21-17-42)35(44)46-19-13-37)24-30(38-48-4-2)28-22-25(9-5-7-15-40)27(10-6-8-16-41)33(34(28)36)29-23-26(43)11-12-31(29)49-36/h3,11-12,22-23,25,27,32-34,40-43H,1,4-10,13-21,24H2,2H3/t25-,27+,32-,33+,34+,36+/m0/s1. The van der Waals surface area contributed by atoms with Gasteiger partial charge in [0.2, 0.25) is 5.79 Å². The first kappa shape index (κ1) is 38.9. The first-order valence-corrected chi connectivity index (χ1v) is 18.0. The number of carbonyl (C=O) groups is 1. The highest BCUT2D eigenvalue weighted by Crippen LogP contribution is 2.61. The Bertz CT molecular complexity index is 1280. The number of hydrogen-bond donors (Lipinski definition) is 4. The maximum atomic E-state index is 13.9. The van der Waals surface area contributed by atoms with Crippen molar-refractivity contribution < 1.29 is 49.0 Å². The topological polar surface area (TPSA) is 160 Å². The average Bonchev–Trinajstić information content (AvgIpc) is 3.10. The van der Waals surface area contributed by atoms with E-state index >= 15 is 0 Å². The zero-order valence-corrected chi connectivity index (χ0v) is 29.3. The SMILES string of the molecule is C=CCO[C@@]12Oc3ccc(O)cc3[C@H]3[C@H](CCCCO)[C@@H](CCCCO)C=C(C(=NOCC)C[C@@H]1N(CCOCCO)C(=O)OCCCl)[C@H]32. The number of carbonyl (C=O) groups excluding carboxylic acids is 1. The highest BCUT2D eigenvalue weighted by Gasteiger charge is 2.65. The predicted molar refractivity (Wildman–Crippen MR) is 185 cm³/mol. The Labute approximate surface area is 294 Å². The van der Waals surface area contributed by atoms with Gasteiger partial charge < -0.3 is 44.2 Å². The molecule has 274 valence electrons. The van der Waals surface area contributed by atoms with Crippen molar-refractivity contribution in [2.75, 3.05) is 65.3 Å². The second-order valence-electron chi connectivity index (χ2n) is 12.5. The molecule has 0 spiro atoms. The summed E-state index contributed by atoms with van der Waals surface area (Å²) in [6, 6.07) is 4.28. The summed E-state index contributed by atoms with van der Waals surface area (Å²) in [6.45, 7) is 6.53. The number of alkyl halides is 1. The molecule has 1 aromatic carbocycles. The van der Waals surface area contributed by atoms with Crippen molar-refractivity contribution in [1.29, 1.82) is 0 Å². The van der Waals surface area contributed by atoms with E-state index in [9.17, 15) is 25.2 Å². The Kier molecular flexibility index (Phi) is 15.5. The Hall–Kier alpha value is -2.87. The lowest BCUT2D eigenvalue weighted by atomic mass is 9.55. The van der Waals surface area contributed by atoms with Gasteiger partial charge in [0.05, 0.1) is 43.9 Å². The lowest BCUT2D eigenvalue weighted by Crippen LogP contribution is -2.70. The van der Waals surface area contributed by atoms with Crippen LogP contribution in [0.4, 0.5) is 4.79 Å². The molecular weight excluding hydrogens is 656 g/mol. The van der Waals surface area contributed by atoms with Crippen molar-refractivity contribution in [1.82, 2.24) is 4.90 Å². The third-order valence-electron chi connectivity index (χ3n) is 9.59. The third-order valence-corrected chi connectivity index (χ3v) is 9.74. The monoisotopic (exact) mass is 708 g/mol. The molecule has 49 heavy (non-hydrogen) atoms. The van der Waals surface area contributed by atoms with Gasteiger partial charge in [0.25, 0.3) is 0 Å². The number of ether oxygens (including phenoxy) is 4. The second kappa shape index (κ2) is 19.5. The van der Waals surface area contributed by atoms with Crippen LogP contribution in [0.5, 0.6) is 11.5 Å². The molecule has 1 amide bonds. The molecule has 1 saturated carbocycles. The third kappa shape index (κ3) is 9.08. The molecule has 1 aliphatic heterocycles.